The number of hydrogen-bond donors (Lipinski definition) is 2. The average Bonchev–Trinajstić information content (AvgIpc) is 2.37. The molecule has 0 aliphatic carbocycles. The van der Waals surface area contributed by atoms with Gasteiger partial charge in [-0.05, 0) is 30.7 Å². The highest BCUT2D eigenvalue weighted by atomic mass is 35.5. The Morgan fingerprint density at radius 1 is 0.947 bits per heavy atom. The summed E-state index contributed by atoms with van der Waals surface area (Å²) in [7, 11) is 1.74. The number of anilines is 3. The lowest BCUT2D eigenvalue weighted by Crippen LogP contribution is -1.99. The van der Waals surface area contributed by atoms with Gasteiger partial charge < -0.3 is 10.6 Å². The molecule has 100 valence electrons. The van der Waals surface area contributed by atoms with Gasteiger partial charge in [-0.2, -0.15) is 0 Å². The van der Waals surface area contributed by atoms with Crippen LogP contribution in [0, 0.1) is 6.92 Å². The summed E-state index contributed by atoms with van der Waals surface area (Å²) in [4.78, 5) is 4.31. The number of halogens is 3. The number of benzene rings is 1. The number of aromatic nitrogens is 1. The Bertz CT molecular complexity index is 614. The minimum absolute atomic E-state index is 0.445. The number of nitrogens with one attached hydrogen (secondary N) is 2. The largest absolute Gasteiger partial charge is 0.372 e. The fourth-order valence-electron chi connectivity index (χ4n) is 1.54. The number of aryl methyl sites for hydroxylation is 1. The quantitative estimate of drug-likeness (QED) is 0.823. The summed E-state index contributed by atoms with van der Waals surface area (Å²) in [5, 5.41) is 7.62. The van der Waals surface area contributed by atoms with E-state index < -0.39 is 0 Å². The lowest BCUT2D eigenvalue weighted by Gasteiger charge is -2.11. The molecule has 0 radical (unpaired) electrons. The summed E-state index contributed by atoms with van der Waals surface area (Å²) < 4.78 is 0. The molecule has 1 aromatic carbocycles. The number of rotatable bonds is 3. The molecule has 0 aliphatic rings. The maximum atomic E-state index is 6.11. The van der Waals surface area contributed by atoms with Gasteiger partial charge in [-0.15, -0.1) is 0 Å². The molecule has 0 bridgehead atoms. The van der Waals surface area contributed by atoms with Crippen LogP contribution >= 0.6 is 34.8 Å². The Labute approximate surface area is 126 Å². The Morgan fingerprint density at radius 2 is 1.63 bits per heavy atom. The molecular weight excluding hydrogens is 305 g/mol. The van der Waals surface area contributed by atoms with Crippen molar-refractivity contribution >= 4 is 52.1 Å². The second-order valence-corrected chi connectivity index (χ2v) is 5.21. The first-order valence-electron chi connectivity index (χ1n) is 5.58. The van der Waals surface area contributed by atoms with E-state index in [0.717, 1.165) is 11.3 Å². The van der Waals surface area contributed by atoms with Crippen molar-refractivity contribution in [3.05, 3.63) is 44.9 Å². The molecule has 19 heavy (non-hydrogen) atoms. The molecule has 0 spiro atoms. The molecule has 0 atom stereocenters. The normalized spacial score (nSPS) is 10.4. The van der Waals surface area contributed by atoms with Gasteiger partial charge in [0.2, 0.25) is 0 Å². The molecule has 2 aromatic rings. The van der Waals surface area contributed by atoms with Gasteiger partial charge in [0, 0.05) is 17.8 Å². The fraction of sp³-hybridized carbons (Fsp3) is 0.154. The highest BCUT2D eigenvalue weighted by Gasteiger charge is 2.09. The lowest BCUT2D eigenvalue weighted by molar-refractivity contribution is 1.27. The first-order valence-corrected chi connectivity index (χ1v) is 6.71. The Morgan fingerprint density at radius 3 is 2.26 bits per heavy atom. The maximum absolute atomic E-state index is 6.11. The van der Waals surface area contributed by atoms with Crippen molar-refractivity contribution in [3.8, 4) is 0 Å². The summed E-state index contributed by atoms with van der Waals surface area (Å²) in [5.41, 5.74) is 1.83. The van der Waals surface area contributed by atoms with Crippen LogP contribution in [0.3, 0.4) is 0 Å². The van der Waals surface area contributed by atoms with Gasteiger partial charge in [0.25, 0.3) is 0 Å². The van der Waals surface area contributed by atoms with Crippen molar-refractivity contribution < 1.29 is 0 Å². The van der Waals surface area contributed by atoms with E-state index >= 15 is 0 Å². The van der Waals surface area contributed by atoms with Crippen LogP contribution in [-0.2, 0) is 0 Å². The molecule has 0 saturated heterocycles. The minimum Gasteiger partial charge on any atom is -0.372 e. The number of hydrogen-bond acceptors (Lipinski definition) is 3. The Hall–Kier alpha value is -1.16. The maximum Gasteiger partial charge on any atom is 0.151 e. The van der Waals surface area contributed by atoms with Gasteiger partial charge in [0.1, 0.15) is 5.82 Å². The van der Waals surface area contributed by atoms with Gasteiger partial charge >= 0.3 is 0 Å². The smallest absolute Gasteiger partial charge is 0.151 e. The monoisotopic (exact) mass is 315 g/mol. The van der Waals surface area contributed by atoms with Crippen LogP contribution in [-0.4, -0.2) is 12.0 Å². The highest BCUT2D eigenvalue weighted by molar-refractivity contribution is 6.37. The lowest BCUT2D eigenvalue weighted by atomic mass is 10.2. The second kappa shape index (κ2) is 5.87. The fourth-order valence-corrected chi connectivity index (χ4v) is 2.22. The molecule has 3 nitrogen and oxygen atoms in total. The number of nitrogens with zero attached hydrogens (tertiary/aromatic N) is 1. The van der Waals surface area contributed by atoms with Crippen molar-refractivity contribution in [2.75, 3.05) is 17.7 Å². The topological polar surface area (TPSA) is 37.0 Å². The van der Waals surface area contributed by atoms with Gasteiger partial charge in [0.15, 0.2) is 5.82 Å². The zero-order valence-corrected chi connectivity index (χ0v) is 12.7. The van der Waals surface area contributed by atoms with E-state index in [4.69, 9.17) is 34.8 Å². The minimum atomic E-state index is 0.445. The van der Waals surface area contributed by atoms with Crippen LogP contribution in [0.2, 0.25) is 15.1 Å². The van der Waals surface area contributed by atoms with Crippen molar-refractivity contribution in [2.24, 2.45) is 0 Å². The molecule has 0 aliphatic heterocycles. The molecular formula is C13H12Cl3N3. The van der Waals surface area contributed by atoms with Gasteiger partial charge in [-0.1, -0.05) is 40.9 Å². The van der Waals surface area contributed by atoms with Gasteiger partial charge in [-0.25, -0.2) is 4.98 Å². The van der Waals surface area contributed by atoms with Crippen molar-refractivity contribution in [1.29, 1.82) is 0 Å². The summed E-state index contributed by atoms with van der Waals surface area (Å²) >= 11 is 18.2. The van der Waals surface area contributed by atoms with Crippen LogP contribution in [0.4, 0.5) is 17.3 Å². The Balaban J connectivity index is 2.34. The molecule has 0 unspecified atom stereocenters. The molecule has 2 rings (SSSR count). The van der Waals surface area contributed by atoms with Crippen LogP contribution in [0.5, 0.6) is 0 Å². The molecule has 0 fully saturated rings. The van der Waals surface area contributed by atoms with Crippen LogP contribution in [0.25, 0.3) is 0 Å². The van der Waals surface area contributed by atoms with Crippen molar-refractivity contribution in [2.45, 2.75) is 6.92 Å². The first kappa shape index (κ1) is 14.3. The first-order chi connectivity index (χ1) is 9.01. The van der Waals surface area contributed by atoms with E-state index in [-0.39, 0.29) is 0 Å². The highest BCUT2D eigenvalue weighted by Crippen LogP contribution is 2.31. The molecule has 1 heterocycles. The SMILES string of the molecule is CNc1nc(Nc2ccc(C)c(Cl)c2)c(Cl)cc1Cl. The van der Waals surface area contributed by atoms with E-state index in [2.05, 4.69) is 15.6 Å². The second-order valence-electron chi connectivity index (χ2n) is 3.99. The standard InChI is InChI=1S/C13H12Cl3N3/c1-7-3-4-8(5-9(7)14)18-13-11(16)6-10(15)12(17-2)19-13/h3-6H,1-2H3,(H2,17,18,19). The van der Waals surface area contributed by atoms with Gasteiger partial charge in [-0.3, -0.25) is 0 Å². The van der Waals surface area contributed by atoms with Crippen LogP contribution < -0.4 is 10.6 Å². The summed E-state index contributed by atoms with van der Waals surface area (Å²) in [6.45, 7) is 1.94. The van der Waals surface area contributed by atoms with E-state index in [1.807, 2.05) is 25.1 Å². The average molecular weight is 317 g/mol. The molecule has 0 saturated carbocycles. The Kier molecular flexibility index (Phi) is 4.40. The van der Waals surface area contributed by atoms with E-state index in [1.54, 1.807) is 13.1 Å². The van der Waals surface area contributed by atoms with Crippen molar-refractivity contribution in [3.63, 3.8) is 0 Å². The van der Waals surface area contributed by atoms with E-state index in [9.17, 15) is 0 Å². The molecule has 0 amide bonds. The third-order valence-electron chi connectivity index (χ3n) is 2.60. The third kappa shape index (κ3) is 3.24. The number of pyridine rings is 1. The summed E-state index contributed by atoms with van der Waals surface area (Å²) in [5.74, 6) is 1.09. The molecule has 2 N–H and O–H groups in total. The molecule has 1 aromatic heterocycles. The predicted molar refractivity (Wildman–Crippen MR) is 83.3 cm³/mol. The van der Waals surface area contributed by atoms with E-state index in [1.165, 1.54) is 0 Å². The third-order valence-corrected chi connectivity index (χ3v) is 3.58. The van der Waals surface area contributed by atoms with Crippen LogP contribution in [0.1, 0.15) is 5.56 Å². The van der Waals surface area contributed by atoms with Crippen molar-refractivity contribution in [1.82, 2.24) is 4.98 Å². The summed E-state index contributed by atoms with van der Waals surface area (Å²) in [6.07, 6.45) is 0. The predicted octanol–water partition coefficient (Wildman–Crippen LogP) is 5.14. The summed E-state index contributed by atoms with van der Waals surface area (Å²) in [6, 6.07) is 7.29. The van der Waals surface area contributed by atoms with Crippen LogP contribution in [0.15, 0.2) is 24.3 Å². The zero-order chi connectivity index (χ0) is 14.0. The van der Waals surface area contributed by atoms with Gasteiger partial charge in [0.05, 0.1) is 10.0 Å². The molecule has 6 heteroatoms. The van der Waals surface area contributed by atoms with E-state index in [0.29, 0.717) is 26.7 Å². The zero-order valence-electron chi connectivity index (χ0n) is 10.4.